The summed E-state index contributed by atoms with van der Waals surface area (Å²) in [5.41, 5.74) is 7.91. The van der Waals surface area contributed by atoms with Gasteiger partial charge in [-0.15, -0.1) is 0 Å². The molecule has 0 fully saturated rings. The smallest absolute Gasteiger partial charge is 0.323 e. The molecular formula is C24H40N4O5S. The Balaban J connectivity index is 2.03. The number of carbonyl (C=O) groups excluding carboxylic acids is 1. The minimum Gasteiger partial charge on any atom is -0.487 e. The summed E-state index contributed by atoms with van der Waals surface area (Å²) in [6, 6.07) is -0.775. The number of benzene rings is 1. The van der Waals surface area contributed by atoms with E-state index in [0.717, 1.165) is 29.7 Å². The average Bonchev–Trinajstić information content (AvgIpc) is 2.66. The van der Waals surface area contributed by atoms with E-state index in [4.69, 9.17) is 20.6 Å². The van der Waals surface area contributed by atoms with Crippen molar-refractivity contribution in [3.63, 3.8) is 0 Å². The van der Waals surface area contributed by atoms with Crippen molar-refractivity contribution in [2.24, 2.45) is 5.73 Å². The first-order valence-corrected chi connectivity index (χ1v) is 13.1. The monoisotopic (exact) mass is 496 g/mol. The van der Waals surface area contributed by atoms with E-state index in [0.29, 0.717) is 24.0 Å². The van der Waals surface area contributed by atoms with E-state index in [2.05, 4.69) is 10.0 Å². The topological polar surface area (TPSA) is 144 Å². The third-order valence-electron chi connectivity index (χ3n) is 5.87. The van der Waals surface area contributed by atoms with Gasteiger partial charge >= 0.3 is 5.97 Å². The fourth-order valence-electron chi connectivity index (χ4n) is 4.00. The van der Waals surface area contributed by atoms with Gasteiger partial charge in [0.2, 0.25) is 5.96 Å². The maximum absolute atomic E-state index is 13.2. The summed E-state index contributed by atoms with van der Waals surface area (Å²) < 4.78 is 40.1. The summed E-state index contributed by atoms with van der Waals surface area (Å²) in [6.45, 7) is 15.1. The van der Waals surface area contributed by atoms with E-state index in [1.807, 2.05) is 20.8 Å². The number of nitrogens with two attached hydrogens (primary N) is 1. The van der Waals surface area contributed by atoms with Gasteiger partial charge in [0, 0.05) is 6.54 Å². The standard InChI is InChI=1S/C24H40N4O5S/c1-14-15(2)20(16(3)17-11-12-24(7,8)32-19(14)17)34(30,31)28-22(26)27-13-9-10-18(25)21(29)33-23(4,5)6/h18H,9-13,25H2,1-8H3,(H3,26,27,28). The Morgan fingerprint density at radius 3 is 2.41 bits per heavy atom. The molecule has 1 aliphatic rings. The number of nitrogens with one attached hydrogen (secondary N) is 3. The molecule has 1 aromatic rings. The van der Waals surface area contributed by atoms with Gasteiger partial charge in [-0.1, -0.05) is 0 Å². The van der Waals surface area contributed by atoms with Gasteiger partial charge in [0.05, 0.1) is 4.90 Å². The lowest BCUT2D eigenvalue weighted by molar-refractivity contribution is -0.156. The van der Waals surface area contributed by atoms with Crippen molar-refractivity contribution in [2.75, 3.05) is 6.54 Å². The highest BCUT2D eigenvalue weighted by Gasteiger charge is 2.33. The van der Waals surface area contributed by atoms with Crippen LogP contribution >= 0.6 is 0 Å². The summed E-state index contributed by atoms with van der Waals surface area (Å²) in [7, 11) is -3.98. The van der Waals surface area contributed by atoms with E-state index in [-0.39, 0.29) is 23.0 Å². The van der Waals surface area contributed by atoms with Crippen LogP contribution in [0.5, 0.6) is 5.75 Å². The number of rotatable bonds is 7. The summed E-state index contributed by atoms with van der Waals surface area (Å²) in [5, 5.41) is 10.8. The molecule has 10 heteroatoms. The van der Waals surface area contributed by atoms with Gasteiger partial charge in [-0.3, -0.25) is 10.2 Å². The Bertz CT molecular complexity index is 1060. The summed E-state index contributed by atoms with van der Waals surface area (Å²) >= 11 is 0. The van der Waals surface area contributed by atoms with Gasteiger partial charge in [0.1, 0.15) is 23.0 Å². The van der Waals surface area contributed by atoms with Crippen molar-refractivity contribution in [3.05, 3.63) is 22.3 Å². The fraction of sp³-hybridized carbons (Fsp3) is 0.667. The molecule has 0 saturated heterocycles. The highest BCUT2D eigenvalue weighted by Crippen LogP contribution is 2.42. The lowest BCUT2D eigenvalue weighted by Crippen LogP contribution is -2.42. The minimum absolute atomic E-state index is 0.186. The van der Waals surface area contributed by atoms with Crippen molar-refractivity contribution >= 4 is 22.0 Å². The predicted molar refractivity (Wildman–Crippen MR) is 133 cm³/mol. The Kier molecular flexibility index (Phi) is 8.30. The second kappa shape index (κ2) is 10.1. The summed E-state index contributed by atoms with van der Waals surface area (Å²) in [5.74, 6) is -0.0542. The Morgan fingerprint density at radius 1 is 1.21 bits per heavy atom. The molecule has 0 aliphatic carbocycles. The van der Waals surface area contributed by atoms with Gasteiger partial charge < -0.3 is 20.5 Å². The van der Waals surface area contributed by atoms with Gasteiger partial charge in [-0.2, -0.15) is 0 Å². The molecule has 0 bridgehead atoms. The Hall–Kier alpha value is -2.33. The zero-order valence-electron chi connectivity index (χ0n) is 21.6. The lowest BCUT2D eigenvalue weighted by Gasteiger charge is -2.35. The van der Waals surface area contributed by atoms with Crippen molar-refractivity contribution < 1.29 is 22.7 Å². The third-order valence-corrected chi connectivity index (χ3v) is 7.50. The SMILES string of the molecule is Cc1c(C)c(S(=O)(=O)NC(=N)NCCCC(N)C(=O)OC(C)(C)C)c(C)c2c1OC(C)(C)CC2. The molecular weight excluding hydrogens is 456 g/mol. The molecule has 0 saturated carbocycles. The van der Waals surface area contributed by atoms with Crippen molar-refractivity contribution in [1.82, 2.24) is 10.0 Å². The van der Waals surface area contributed by atoms with Crippen LogP contribution in [0, 0.1) is 26.2 Å². The van der Waals surface area contributed by atoms with E-state index in [9.17, 15) is 13.2 Å². The van der Waals surface area contributed by atoms with Crippen LogP contribution in [0.3, 0.4) is 0 Å². The first kappa shape index (κ1) is 27.9. The van der Waals surface area contributed by atoms with Crippen LogP contribution in [0.25, 0.3) is 0 Å². The van der Waals surface area contributed by atoms with Crippen molar-refractivity contribution in [1.29, 1.82) is 5.41 Å². The van der Waals surface area contributed by atoms with E-state index < -0.39 is 27.6 Å². The second-order valence-electron chi connectivity index (χ2n) is 10.6. The van der Waals surface area contributed by atoms with Crippen LogP contribution < -0.4 is 20.5 Å². The molecule has 2 rings (SSSR count). The van der Waals surface area contributed by atoms with Crippen LogP contribution in [-0.4, -0.2) is 44.1 Å². The Labute approximate surface area is 203 Å². The van der Waals surface area contributed by atoms with Gasteiger partial charge in [-0.25, -0.2) is 13.1 Å². The molecule has 0 spiro atoms. The molecule has 1 atom stereocenters. The van der Waals surface area contributed by atoms with Crippen molar-refractivity contribution in [3.8, 4) is 5.75 Å². The molecule has 0 aromatic heterocycles. The second-order valence-corrected chi connectivity index (χ2v) is 12.2. The quantitative estimate of drug-likeness (QED) is 0.197. The molecule has 0 radical (unpaired) electrons. The highest BCUT2D eigenvalue weighted by molar-refractivity contribution is 7.90. The predicted octanol–water partition coefficient (Wildman–Crippen LogP) is 2.97. The van der Waals surface area contributed by atoms with Crippen LogP contribution in [0.2, 0.25) is 0 Å². The van der Waals surface area contributed by atoms with Crippen LogP contribution in [0.1, 0.15) is 76.1 Å². The fourth-order valence-corrected chi connectivity index (χ4v) is 5.53. The zero-order valence-corrected chi connectivity index (χ0v) is 22.5. The zero-order chi connectivity index (χ0) is 26.1. The molecule has 34 heavy (non-hydrogen) atoms. The first-order chi connectivity index (χ1) is 15.4. The molecule has 192 valence electrons. The number of guanidine groups is 1. The molecule has 0 amide bonds. The Morgan fingerprint density at radius 2 is 1.82 bits per heavy atom. The van der Waals surface area contributed by atoms with Crippen molar-refractivity contribution in [2.45, 2.75) is 103 Å². The molecule has 5 N–H and O–H groups in total. The molecule has 1 aromatic carbocycles. The van der Waals surface area contributed by atoms with E-state index >= 15 is 0 Å². The number of hydrogen-bond donors (Lipinski definition) is 4. The number of ether oxygens (including phenoxy) is 2. The van der Waals surface area contributed by atoms with Crippen LogP contribution in [0.15, 0.2) is 4.90 Å². The minimum atomic E-state index is -3.98. The lowest BCUT2D eigenvalue weighted by atomic mass is 9.88. The summed E-state index contributed by atoms with van der Waals surface area (Å²) in [4.78, 5) is 12.1. The number of sulfonamides is 1. The first-order valence-electron chi connectivity index (χ1n) is 11.6. The average molecular weight is 497 g/mol. The van der Waals surface area contributed by atoms with Gasteiger partial charge in [0.15, 0.2) is 0 Å². The summed E-state index contributed by atoms with van der Waals surface area (Å²) in [6.07, 6.45) is 2.33. The van der Waals surface area contributed by atoms with Crippen LogP contribution in [-0.2, 0) is 26.0 Å². The largest absolute Gasteiger partial charge is 0.487 e. The van der Waals surface area contributed by atoms with E-state index in [1.165, 1.54) is 0 Å². The molecule has 9 nitrogen and oxygen atoms in total. The maximum Gasteiger partial charge on any atom is 0.323 e. The van der Waals surface area contributed by atoms with Gasteiger partial charge in [0.25, 0.3) is 10.0 Å². The van der Waals surface area contributed by atoms with E-state index in [1.54, 1.807) is 34.6 Å². The van der Waals surface area contributed by atoms with Gasteiger partial charge in [-0.05, 0) is 103 Å². The number of hydrogen-bond acceptors (Lipinski definition) is 7. The number of carbonyl (C=O) groups is 1. The van der Waals surface area contributed by atoms with Crippen LogP contribution in [0.4, 0.5) is 0 Å². The normalized spacial score (nSPS) is 16.1. The molecule has 1 aliphatic heterocycles. The maximum atomic E-state index is 13.2. The third kappa shape index (κ3) is 6.85. The number of esters is 1. The highest BCUT2D eigenvalue weighted by atomic mass is 32.2. The molecule has 1 unspecified atom stereocenters. The molecule has 1 heterocycles. The number of fused-ring (bicyclic) bond motifs is 1.